The van der Waals surface area contributed by atoms with E-state index in [0.29, 0.717) is 19.3 Å². The fourth-order valence-corrected chi connectivity index (χ4v) is 3.89. The molecule has 0 aromatic heterocycles. The van der Waals surface area contributed by atoms with E-state index in [0.717, 1.165) is 32.1 Å². The van der Waals surface area contributed by atoms with E-state index in [9.17, 15) is 34.5 Å². The molecule has 3 N–H and O–H groups in total. The molecule has 0 aromatic rings. The van der Waals surface area contributed by atoms with Gasteiger partial charge < -0.3 is 20.1 Å². The second-order valence-corrected chi connectivity index (χ2v) is 8.56. The number of hydrogen-bond acceptors (Lipinski definition) is 5. The summed E-state index contributed by atoms with van der Waals surface area (Å²) < 4.78 is 5.12. The van der Waals surface area contributed by atoms with E-state index in [1.807, 2.05) is 6.92 Å². The fraction of sp³-hybridized carbons (Fsp3) is 0.833. The van der Waals surface area contributed by atoms with Crippen LogP contribution in [-0.4, -0.2) is 44.8 Å². The summed E-state index contributed by atoms with van der Waals surface area (Å²) in [6, 6.07) is 0. The monoisotopic (exact) mass is 458 g/mol. The molecule has 0 bridgehead atoms. The highest BCUT2D eigenvalue weighted by Gasteiger charge is 2.54. The average molecular weight is 459 g/mol. The number of carbonyl (C=O) groups excluding carboxylic acids is 1. The number of aliphatic carboxylic acids is 3. The third-order valence-electron chi connectivity index (χ3n) is 5.76. The van der Waals surface area contributed by atoms with Gasteiger partial charge in [-0.25, -0.2) is 4.79 Å². The van der Waals surface area contributed by atoms with Gasteiger partial charge in [-0.2, -0.15) is 0 Å². The van der Waals surface area contributed by atoms with Gasteiger partial charge in [0.1, 0.15) is 5.92 Å². The zero-order valence-electron chi connectivity index (χ0n) is 19.8. The minimum Gasteiger partial charge on any atom is -0.481 e. The maximum absolute atomic E-state index is 12.2. The molecule has 0 aliphatic rings. The minimum atomic E-state index is -2.61. The molecule has 0 saturated heterocycles. The molecule has 8 nitrogen and oxygen atoms in total. The Hall–Kier alpha value is -2.12. The second-order valence-electron chi connectivity index (χ2n) is 8.56. The molecule has 0 rings (SSSR count). The lowest BCUT2D eigenvalue weighted by atomic mass is 9.80. The molecule has 8 heteroatoms. The van der Waals surface area contributed by atoms with Gasteiger partial charge in [0.15, 0.2) is 0 Å². The first kappa shape index (κ1) is 29.9. The lowest BCUT2D eigenvalue weighted by molar-refractivity contribution is -0.195. The van der Waals surface area contributed by atoms with Crippen molar-refractivity contribution in [3.8, 4) is 0 Å². The summed E-state index contributed by atoms with van der Waals surface area (Å²) in [5.41, 5.74) is -2.61. The molecule has 0 fully saturated rings. The summed E-state index contributed by atoms with van der Waals surface area (Å²) in [5, 5.41) is 28.7. The molecule has 0 aliphatic carbocycles. The van der Waals surface area contributed by atoms with Crippen LogP contribution in [0, 0.1) is 5.92 Å². The molecule has 2 atom stereocenters. The van der Waals surface area contributed by atoms with Crippen molar-refractivity contribution >= 4 is 23.9 Å². The van der Waals surface area contributed by atoms with Crippen molar-refractivity contribution < 1.29 is 39.2 Å². The van der Waals surface area contributed by atoms with Gasteiger partial charge in [-0.15, -0.1) is 0 Å². The molecular weight excluding hydrogens is 416 g/mol. The molecule has 0 spiro atoms. The predicted molar refractivity (Wildman–Crippen MR) is 120 cm³/mol. The molecule has 0 aromatic carbocycles. The van der Waals surface area contributed by atoms with Crippen LogP contribution in [0.25, 0.3) is 0 Å². The predicted octanol–water partition coefficient (Wildman–Crippen LogP) is 5.42. The van der Waals surface area contributed by atoms with Crippen LogP contribution < -0.4 is 0 Å². The van der Waals surface area contributed by atoms with E-state index in [1.54, 1.807) is 0 Å². The molecular formula is C24H42O8. The Bertz CT molecular complexity index is 574. The Labute approximate surface area is 191 Å². The number of ether oxygens (including phenoxy) is 1. The number of rotatable bonds is 21. The quantitative estimate of drug-likeness (QED) is 0.153. The summed E-state index contributed by atoms with van der Waals surface area (Å²) in [5.74, 6) is -7.23. The van der Waals surface area contributed by atoms with Gasteiger partial charge in [0.05, 0.1) is 6.42 Å². The molecule has 0 aliphatic heterocycles. The Balaban J connectivity index is 4.97. The Morgan fingerprint density at radius 3 is 1.62 bits per heavy atom. The van der Waals surface area contributed by atoms with E-state index in [-0.39, 0.29) is 12.8 Å². The van der Waals surface area contributed by atoms with Crippen molar-refractivity contribution in [2.45, 2.75) is 122 Å². The number of carboxylic acids is 3. The van der Waals surface area contributed by atoms with Gasteiger partial charge in [-0.1, -0.05) is 90.9 Å². The highest BCUT2D eigenvalue weighted by Crippen LogP contribution is 2.33. The standard InChI is InChI=1S/C24H42O8/c1-3-5-7-8-9-10-11-12-13-15-16-19(22(28)29)24(23(30)31,18-20(25)26)32-21(27)17-14-6-4-2/h19H,3-18H2,1-2H3,(H,25,26)(H,28,29)(H,30,31). The number of hydrogen-bond donors (Lipinski definition) is 3. The summed E-state index contributed by atoms with van der Waals surface area (Å²) in [7, 11) is 0. The van der Waals surface area contributed by atoms with Crippen LogP contribution in [0.5, 0.6) is 0 Å². The lowest BCUT2D eigenvalue weighted by Crippen LogP contribution is -2.54. The van der Waals surface area contributed by atoms with Crippen LogP contribution in [0.15, 0.2) is 0 Å². The second kappa shape index (κ2) is 17.4. The summed E-state index contributed by atoms with van der Waals surface area (Å²) in [6.45, 7) is 4.11. The van der Waals surface area contributed by atoms with E-state index in [1.165, 1.54) is 32.1 Å². The zero-order valence-corrected chi connectivity index (χ0v) is 19.8. The molecule has 0 saturated carbocycles. The average Bonchev–Trinajstić information content (AvgIpc) is 2.71. The topological polar surface area (TPSA) is 138 Å². The number of unbranched alkanes of at least 4 members (excludes halogenated alkanes) is 11. The van der Waals surface area contributed by atoms with Gasteiger partial charge >= 0.3 is 23.9 Å². The van der Waals surface area contributed by atoms with Gasteiger partial charge in [-0.3, -0.25) is 14.4 Å². The van der Waals surface area contributed by atoms with Crippen molar-refractivity contribution in [1.82, 2.24) is 0 Å². The fourth-order valence-electron chi connectivity index (χ4n) is 3.89. The van der Waals surface area contributed by atoms with Crippen LogP contribution in [0.4, 0.5) is 0 Å². The van der Waals surface area contributed by atoms with Crippen LogP contribution in [0.1, 0.15) is 117 Å². The summed E-state index contributed by atoms with van der Waals surface area (Å²) >= 11 is 0. The third-order valence-corrected chi connectivity index (χ3v) is 5.76. The van der Waals surface area contributed by atoms with E-state index >= 15 is 0 Å². The van der Waals surface area contributed by atoms with Crippen molar-refractivity contribution in [1.29, 1.82) is 0 Å². The van der Waals surface area contributed by atoms with E-state index < -0.39 is 41.8 Å². The molecule has 0 amide bonds. The van der Waals surface area contributed by atoms with Crippen LogP contribution in [0.2, 0.25) is 0 Å². The smallest absolute Gasteiger partial charge is 0.349 e. The highest BCUT2D eigenvalue weighted by atomic mass is 16.6. The number of carboxylic acid groups (broad SMARTS) is 3. The first-order valence-electron chi connectivity index (χ1n) is 12.1. The molecule has 32 heavy (non-hydrogen) atoms. The maximum Gasteiger partial charge on any atom is 0.349 e. The van der Waals surface area contributed by atoms with Crippen molar-refractivity contribution in [3.63, 3.8) is 0 Å². The van der Waals surface area contributed by atoms with Crippen LogP contribution in [0.3, 0.4) is 0 Å². The summed E-state index contributed by atoms with van der Waals surface area (Å²) in [4.78, 5) is 47.6. The molecule has 0 radical (unpaired) electrons. The lowest BCUT2D eigenvalue weighted by Gasteiger charge is -2.33. The first-order valence-corrected chi connectivity index (χ1v) is 12.1. The van der Waals surface area contributed by atoms with Crippen molar-refractivity contribution in [2.75, 3.05) is 0 Å². The van der Waals surface area contributed by atoms with Crippen molar-refractivity contribution in [3.05, 3.63) is 0 Å². The van der Waals surface area contributed by atoms with Crippen molar-refractivity contribution in [2.24, 2.45) is 5.92 Å². The van der Waals surface area contributed by atoms with Gasteiger partial charge in [0, 0.05) is 6.42 Å². The van der Waals surface area contributed by atoms with E-state index in [4.69, 9.17) is 4.74 Å². The normalized spacial score (nSPS) is 13.8. The molecule has 0 heterocycles. The Kier molecular flexibility index (Phi) is 16.3. The number of esters is 1. The molecule has 186 valence electrons. The third kappa shape index (κ3) is 12.1. The maximum atomic E-state index is 12.2. The largest absolute Gasteiger partial charge is 0.481 e. The van der Waals surface area contributed by atoms with E-state index in [2.05, 4.69) is 6.92 Å². The van der Waals surface area contributed by atoms with Gasteiger partial charge in [0.2, 0.25) is 5.60 Å². The van der Waals surface area contributed by atoms with Gasteiger partial charge in [0.25, 0.3) is 0 Å². The SMILES string of the molecule is CCCCCCCCCCCCC(C(=O)O)C(CC(=O)O)(OC(=O)CCCCC)C(=O)O. The van der Waals surface area contributed by atoms with Gasteiger partial charge in [-0.05, 0) is 12.8 Å². The summed E-state index contributed by atoms with van der Waals surface area (Å²) in [6.07, 6.45) is 11.1. The highest BCUT2D eigenvalue weighted by molar-refractivity contribution is 5.92. The van der Waals surface area contributed by atoms with Crippen LogP contribution in [-0.2, 0) is 23.9 Å². The number of carbonyl (C=O) groups is 4. The first-order chi connectivity index (χ1) is 15.2. The Morgan fingerprint density at radius 1 is 0.719 bits per heavy atom. The minimum absolute atomic E-state index is 0.0619. The molecule has 2 unspecified atom stereocenters. The Morgan fingerprint density at radius 2 is 1.19 bits per heavy atom. The van der Waals surface area contributed by atoms with Crippen LogP contribution >= 0.6 is 0 Å². The zero-order chi connectivity index (χ0) is 24.4.